The highest BCUT2D eigenvalue weighted by atomic mass is 32.2. The molecule has 5 nitrogen and oxygen atoms in total. The van der Waals surface area contributed by atoms with Crippen molar-refractivity contribution < 1.29 is 4.79 Å². The number of thiazole rings is 1. The van der Waals surface area contributed by atoms with Crippen LogP contribution in [0.2, 0.25) is 0 Å². The van der Waals surface area contributed by atoms with Gasteiger partial charge < -0.3 is 16.4 Å². The third-order valence-electron chi connectivity index (χ3n) is 3.31. The molecule has 1 unspecified atom stereocenters. The fourth-order valence-electron chi connectivity index (χ4n) is 2.13. The number of hydrogen-bond acceptors (Lipinski definition) is 6. The van der Waals surface area contributed by atoms with Gasteiger partial charge in [0.2, 0.25) is 0 Å². The van der Waals surface area contributed by atoms with Gasteiger partial charge in [-0.15, -0.1) is 0 Å². The van der Waals surface area contributed by atoms with Gasteiger partial charge in [-0.3, -0.25) is 4.79 Å². The number of carbonyl (C=O) groups is 1. The Morgan fingerprint density at radius 2 is 2.35 bits per heavy atom. The number of nitrogens with zero attached hydrogens (tertiary/aromatic N) is 1. The Balaban J connectivity index is 1.93. The summed E-state index contributed by atoms with van der Waals surface area (Å²) in [4.78, 5) is 16.9. The highest BCUT2D eigenvalue weighted by molar-refractivity contribution is 8.00. The molecule has 0 aromatic carbocycles. The van der Waals surface area contributed by atoms with Crippen molar-refractivity contribution in [3.63, 3.8) is 0 Å². The Morgan fingerprint density at radius 3 is 3.00 bits per heavy atom. The Hall–Kier alpha value is -0.950. The van der Waals surface area contributed by atoms with Crippen LogP contribution in [0.5, 0.6) is 0 Å². The van der Waals surface area contributed by atoms with Crippen molar-refractivity contribution >= 4 is 40.0 Å². The van der Waals surface area contributed by atoms with E-state index in [0.717, 1.165) is 24.5 Å². The average Bonchev–Trinajstić information content (AvgIpc) is 3.01. The lowest BCUT2D eigenvalue weighted by atomic mass is 10.1. The van der Waals surface area contributed by atoms with Gasteiger partial charge in [-0.1, -0.05) is 18.3 Å². The molecule has 20 heavy (non-hydrogen) atoms. The monoisotopic (exact) mass is 314 g/mol. The molecule has 1 aliphatic rings. The predicted octanol–water partition coefficient (Wildman–Crippen LogP) is 2.56. The van der Waals surface area contributed by atoms with E-state index in [-0.39, 0.29) is 10.7 Å². The van der Waals surface area contributed by atoms with E-state index < -0.39 is 0 Å². The van der Waals surface area contributed by atoms with E-state index in [1.165, 1.54) is 23.5 Å². The highest BCUT2D eigenvalue weighted by Crippen LogP contribution is 2.37. The molecule has 1 saturated heterocycles. The molecule has 2 heterocycles. The van der Waals surface area contributed by atoms with Crippen LogP contribution in [-0.4, -0.2) is 34.5 Å². The summed E-state index contributed by atoms with van der Waals surface area (Å²) in [6.07, 6.45) is 3.39. The van der Waals surface area contributed by atoms with E-state index >= 15 is 0 Å². The third kappa shape index (κ3) is 3.79. The smallest absolute Gasteiger partial charge is 0.265 e. The molecule has 1 aromatic heterocycles. The van der Waals surface area contributed by atoms with Crippen molar-refractivity contribution in [2.75, 3.05) is 29.9 Å². The van der Waals surface area contributed by atoms with Crippen LogP contribution in [-0.2, 0) is 0 Å². The molecular weight excluding hydrogens is 292 g/mol. The van der Waals surface area contributed by atoms with E-state index in [2.05, 4.69) is 29.5 Å². The van der Waals surface area contributed by atoms with E-state index in [1.54, 1.807) is 0 Å². The summed E-state index contributed by atoms with van der Waals surface area (Å²) in [6.45, 7) is 5.81. The summed E-state index contributed by atoms with van der Waals surface area (Å²) in [6, 6.07) is 0. The Morgan fingerprint density at radius 1 is 1.55 bits per heavy atom. The topological polar surface area (TPSA) is 80.0 Å². The average molecular weight is 314 g/mol. The Kier molecular flexibility index (Phi) is 5.15. The minimum Gasteiger partial charge on any atom is -0.382 e. The largest absolute Gasteiger partial charge is 0.382 e. The van der Waals surface area contributed by atoms with Crippen LogP contribution in [0.3, 0.4) is 0 Å². The second kappa shape index (κ2) is 6.67. The molecule has 0 aliphatic carbocycles. The molecule has 4 N–H and O–H groups in total. The fourth-order valence-corrected chi connectivity index (χ4v) is 4.20. The minimum absolute atomic E-state index is 0.113. The number of carbonyl (C=O) groups excluding carboxylic acids is 1. The number of amides is 1. The first-order valence-corrected chi connectivity index (χ1v) is 8.76. The second-order valence-electron chi connectivity index (χ2n) is 5.24. The SMILES string of the molecule is CCCNc1nc(N)c(C(=O)NCC2(C)CCCS2)s1. The zero-order valence-corrected chi connectivity index (χ0v) is 13.6. The van der Waals surface area contributed by atoms with E-state index in [9.17, 15) is 4.79 Å². The first-order valence-electron chi connectivity index (χ1n) is 6.96. The quantitative estimate of drug-likeness (QED) is 0.752. The Bertz CT molecular complexity index is 469. The second-order valence-corrected chi connectivity index (χ2v) is 7.93. The Labute approximate surface area is 128 Å². The summed E-state index contributed by atoms with van der Waals surface area (Å²) in [7, 11) is 0. The van der Waals surface area contributed by atoms with Crippen LogP contribution in [0, 0.1) is 0 Å². The van der Waals surface area contributed by atoms with Crippen LogP contribution in [0.1, 0.15) is 42.8 Å². The zero-order chi connectivity index (χ0) is 14.6. The predicted molar refractivity (Wildman–Crippen MR) is 87.7 cm³/mol. The van der Waals surface area contributed by atoms with Gasteiger partial charge >= 0.3 is 0 Å². The molecule has 0 radical (unpaired) electrons. The van der Waals surface area contributed by atoms with E-state index in [4.69, 9.17) is 5.73 Å². The molecule has 7 heteroatoms. The number of aromatic nitrogens is 1. The third-order valence-corrected chi connectivity index (χ3v) is 5.88. The van der Waals surface area contributed by atoms with Gasteiger partial charge in [0.25, 0.3) is 5.91 Å². The van der Waals surface area contributed by atoms with E-state index in [1.807, 2.05) is 11.8 Å². The fraction of sp³-hybridized carbons (Fsp3) is 0.692. The summed E-state index contributed by atoms with van der Waals surface area (Å²) >= 11 is 3.25. The van der Waals surface area contributed by atoms with Crippen molar-refractivity contribution in [2.24, 2.45) is 0 Å². The lowest BCUT2D eigenvalue weighted by Gasteiger charge is -2.22. The van der Waals surface area contributed by atoms with Gasteiger partial charge in [0.05, 0.1) is 0 Å². The molecule has 0 saturated carbocycles. The number of nitrogens with one attached hydrogen (secondary N) is 2. The number of thioether (sulfide) groups is 1. The summed E-state index contributed by atoms with van der Waals surface area (Å²) in [5.41, 5.74) is 5.82. The summed E-state index contributed by atoms with van der Waals surface area (Å²) < 4.78 is 0.165. The first kappa shape index (κ1) is 15.4. The molecule has 112 valence electrons. The number of nitrogens with two attached hydrogens (primary N) is 1. The van der Waals surface area contributed by atoms with Crippen LogP contribution in [0.15, 0.2) is 0 Å². The summed E-state index contributed by atoms with van der Waals surface area (Å²) in [5, 5.41) is 6.87. The maximum absolute atomic E-state index is 12.2. The number of nitrogen functional groups attached to an aromatic ring is 1. The maximum Gasteiger partial charge on any atom is 0.265 e. The molecule has 1 atom stereocenters. The van der Waals surface area contributed by atoms with Gasteiger partial charge in [-0.05, 0) is 31.9 Å². The van der Waals surface area contributed by atoms with Crippen molar-refractivity contribution in [1.29, 1.82) is 0 Å². The highest BCUT2D eigenvalue weighted by Gasteiger charge is 2.30. The van der Waals surface area contributed by atoms with Crippen molar-refractivity contribution in [1.82, 2.24) is 10.3 Å². The first-order chi connectivity index (χ1) is 9.54. The molecular formula is C13H22N4OS2. The van der Waals surface area contributed by atoms with Crippen molar-refractivity contribution in [2.45, 2.75) is 37.9 Å². The summed E-state index contributed by atoms with van der Waals surface area (Å²) in [5.74, 6) is 1.38. The lowest BCUT2D eigenvalue weighted by molar-refractivity contribution is 0.0954. The van der Waals surface area contributed by atoms with Crippen LogP contribution in [0.4, 0.5) is 10.9 Å². The molecule has 1 fully saturated rings. The van der Waals surface area contributed by atoms with Crippen LogP contribution >= 0.6 is 23.1 Å². The van der Waals surface area contributed by atoms with Crippen molar-refractivity contribution in [3.05, 3.63) is 4.88 Å². The molecule has 1 aromatic rings. The normalized spacial score (nSPS) is 21.9. The zero-order valence-electron chi connectivity index (χ0n) is 12.0. The van der Waals surface area contributed by atoms with Gasteiger partial charge in [-0.2, -0.15) is 11.8 Å². The van der Waals surface area contributed by atoms with Crippen LogP contribution < -0.4 is 16.4 Å². The molecule has 0 spiro atoms. The minimum atomic E-state index is -0.113. The molecule has 0 bridgehead atoms. The van der Waals surface area contributed by atoms with Gasteiger partial charge in [0, 0.05) is 17.8 Å². The number of hydrogen-bond donors (Lipinski definition) is 3. The molecule has 2 rings (SSSR count). The van der Waals surface area contributed by atoms with Crippen molar-refractivity contribution in [3.8, 4) is 0 Å². The molecule has 1 amide bonds. The van der Waals surface area contributed by atoms with Gasteiger partial charge in [-0.25, -0.2) is 4.98 Å². The lowest BCUT2D eigenvalue weighted by Crippen LogP contribution is -2.36. The van der Waals surface area contributed by atoms with E-state index in [0.29, 0.717) is 17.2 Å². The molecule has 1 aliphatic heterocycles. The van der Waals surface area contributed by atoms with Gasteiger partial charge in [0.1, 0.15) is 10.7 Å². The number of rotatable bonds is 6. The maximum atomic E-state index is 12.2. The standard InChI is InChI=1S/C13H22N4OS2/c1-3-6-15-12-17-10(14)9(20-12)11(18)16-8-13(2)5-4-7-19-13/h3-8,14H2,1-2H3,(H,15,17)(H,16,18). The van der Waals surface area contributed by atoms with Gasteiger partial charge in [0.15, 0.2) is 5.13 Å². The van der Waals surface area contributed by atoms with Crippen LogP contribution in [0.25, 0.3) is 0 Å². The number of anilines is 2.